The Bertz CT molecular complexity index is 258. The van der Waals surface area contributed by atoms with E-state index in [9.17, 15) is 9.59 Å². The molecule has 0 aromatic carbocycles. The average molecular weight is 246 g/mol. The van der Waals surface area contributed by atoms with Crippen LogP contribution in [0, 0.1) is 5.41 Å². The van der Waals surface area contributed by atoms with Crippen LogP contribution in [0.5, 0.6) is 0 Å². The first-order chi connectivity index (χ1) is 7.93. The number of ether oxygens (including phenoxy) is 2. The average Bonchev–Trinajstić information content (AvgIpc) is 2.31. The second-order valence-corrected chi connectivity index (χ2v) is 4.35. The van der Waals surface area contributed by atoms with E-state index in [0.717, 1.165) is 19.3 Å². The summed E-state index contributed by atoms with van der Waals surface area (Å²) in [5, 5.41) is 2.36. The highest BCUT2D eigenvalue weighted by molar-refractivity contribution is 5.66. The quantitative estimate of drug-likeness (QED) is 0.714. The van der Waals surface area contributed by atoms with Gasteiger partial charge in [0.2, 0.25) is 0 Å². The maximum Gasteiger partial charge on any atom is 0.406 e. The molecular formula is C11H22N2O4. The molecule has 0 aliphatic heterocycles. The minimum atomic E-state index is -0.812. The van der Waals surface area contributed by atoms with Gasteiger partial charge in [0.25, 0.3) is 0 Å². The van der Waals surface area contributed by atoms with Gasteiger partial charge in [-0.05, 0) is 6.42 Å². The van der Waals surface area contributed by atoms with E-state index in [4.69, 9.17) is 15.2 Å². The smallest absolute Gasteiger partial charge is 0.406 e. The third kappa shape index (κ3) is 7.43. The van der Waals surface area contributed by atoms with Crippen molar-refractivity contribution in [1.29, 1.82) is 0 Å². The van der Waals surface area contributed by atoms with E-state index in [1.807, 2.05) is 6.92 Å². The molecule has 1 atom stereocenters. The summed E-state index contributed by atoms with van der Waals surface area (Å²) in [6.45, 7) is 4.31. The predicted molar refractivity (Wildman–Crippen MR) is 63.6 cm³/mol. The fraction of sp³-hybridized carbons (Fsp3) is 0.818. The van der Waals surface area contributed by atoms with Crippen LogP contribution in [0.4, 0.5) is 9.59 Å². The molecule has 0 aliphatic carbocycles. The Kier molecular flexibility index (Phi) is 7.09. The van der Waals surface area contributed by atoms with Gasteiger partial charge in [0.15, 0.2) is 0 Å². The number of rotatable bonds is 7. The van der Waals surface area contributed by atoms with Crippen molar-refractivity contribution in [2.45, 2.75) is 33.1 Å². The number of alkyl carbamates (subject to hydrolysis) is 1. The molecule has 0 aromatic heterocycles. The zero-order valence-electron chi connectivity index (χ0n) is 10.7. The number of nitrogens with one attached hydrogen (secondary N) is 1. The van der Waals surface area contributed by atoms with Gasteiger partial charge in [-0.1, -0.05) is 26.7 Å². The SMILES string of the molecule is CCCCC(C)(COC(N)=O)COC(=O)NC. The number of unbranched alkanes of at least 4 members (excludes halogenated alkanes) is 1. The van der Waals surface area contributed by atoms with Crippen molar-refractivity contribution in [3.63, 3.8) is 0 Å². The highest BCUT2D eigenvalue weighted by atomic mass is 16.6. The fourth-order valence-corrected chi connectivity index (χ4v) is 1.35. The zero-order valence-corrected chi connectivity index (χ0v) is 10.7. The summed E-state index contributed by atoms with van der Waals surface area (Å²) in [5.41, 5.74) is 4.54. The van der Waals surface area contributed by atoms with Gasteiger partial charge in [-0.15, -0.1) is 0 Å². The van der Waals surface area contributed by atoms with Gasteiger partial charge in [-0.2, -0.15) is 0 Å². The van der Waals surface area contributed by atoms with Gasteiger partial charge in [-0.3, -0.25) is 0 Å². The topological polar surface area (TPSA) is 90.7 Å². The number of amides is 2. The van der Waals surface area contributed by atoms with Crippen LogP contribution >= 0.6 is 0 Å². The lowest BCUT2D eigenvalue weighted by Gasteiger charge is -2.28. The van der Waals surface area contributed by atoms with E-state index in [1.54, 1.807) is 0 Å². The maximum atomic E-state index is 11.0. The summed E-state index contributed by atoms with van der Waals surface area (Å²) in [4.78, 5) is 21.6. The van der Waals surface area contributed by atoms with E-state index in [0.29, 0.717) is 0 Å². The Morgan fingerprint density at radius 2 is 1.88 bits per heavy atom. The van der Waals surface area contributed by atoms with Crippen molar-refractivity contribution in [2.24, 2.45) is 11.1 Å². The van der Waals surface area contributed by atoms with Crippen molar-refractivity contribution >= 4 is 12.2 Å². The van der Waals surface area contributed by atoms with E-state index >= 15 is 0 Å². The Balaban J connectivity index is 4.26. The predicted octanol–water partition coefficient (Wildman–Crippen LogP) is 1.63. The second kappa shape index (κ2) is 7.76. The monoisotopic (exact) mass is 246 g/mol. The third-order valence-corrected chi connectivity index (χ3v) is 2.45. The van der Waals surface area contributed by atoms with Crippen molar-refractivity contribution in [3.05, 3.63) is 0 Å². The third-order valence-electron chi connectivity index (χ3n) is 2.45. The Morgan fingerprint density at radius 3 is 2.35 bits per heavy atom. The molecule has 1 unspecified atom stereocenters. The lowest BCUT2D eigenvalue weighted by Crippen LogP contribution is -2.34. The van der Waals surface area contributed by atoms with Crippen molar-refractivity contribution in [3.8, 4) is 0 Å². The molecule has 0 fully saturated rings. The van der Waals surface area contributed by atoms with E-state index in [-0.39, 0.29) is 13.2 Å². The van der Waals surface area contributed by atoms with Crippen LogP contribution in [-0.2, 0) is 9.47 Å². The molecule has 0 bridgehead atoms. The van der Waals surface area contributed by atoms with Crippen LogP contribution in [0.25, 0.3) is 0 Å². The molecule has 17 heavy (non-hydrogen) atoms. The first-order valence-electron chi connectivity index (χ1n) is 5.70. The van der Waals surface area contributed by atoms with Crippen molar-refractivity contribution < 1.29 is 19.1 Å². The molecule has 0 spiro atoms. The highest BCUT2D eigenvalue weighted by Crippen LogP contribution is 2.25. The lowest BCUT2D eigenvalue weighted by molar-refractivity contribution is 0.0336. The summed E-state index contributed by atoms with van der Waals surface area (Å²) in [6.07, 6.45) is 1.48. The molecule has 0 saturated carbocycles. The largest absolute Gasteiger partial charge is 0.449 e. The summed E-state index contributed by atoms with van der Waals surface area (Å²) < 4.78 is 9.80. The standard InChI is InChI=1S/C11H22N2O4/c1-4-5-6-11(2,7-16-9(12)14)8-17-10(15)13-3/h4-8H2,1-3H3,(H2,12,14)(H,13,15). The molecule has 2 amide bonds. The molecule has 0 saturated heterocycles. The Labute approximate surface area is 102 Å². The molecule has 6 nitrogen and oxygen atoms in total. The van der Waals surface area contributed by atoms with E-state index in [1.165, 1.54) is 7.05 Å². The molecular weight excluding hydrogens is 224 g/mol. The van der Waals surface area contributed by atoms with E-state index < -0.39 is 17.6 Å². The molecule has 6 heteroatoms. The summed E-state index contributed by atoms with van der Waals surface area (Å²) in [7, 11) is 1.49. The van der Waals surface area contributed by atoms with Crippen LogP contribution < -0.4 is 11.1 Å². The number of carbonyl (C=O) groups is 2. The van der Waals surface area contributed by atoms with Crippen LogP contribution in [-0.4, -0.2) is 32.4 Å². The first-order valence-corrected chi connectivity index (χ1v) is 5.70. The van der Waals surface area contributed by atoms with Gasteiger partial charge < -0.3 is 20.5 Å². The second-order valence-electron chi connectivity index (χ2n) is 4.35. The van der Waals surface area contributed by atoms with Crippen LogP contribution in [0.1, 0.15) is 33.1 Å². The fourth-order valence-electron chi connectivity index (χ4n) is 1.35. The summed E-state index contributed by atoms with van der Waals surface area (Å²) in [6, 6.07) is 0. The minimum Gasteiger partial charge on any atom is -0.449 e. The number of primary amides is 1. The number of hydrogen-bond acceptors (Lipinski definition) is 4. The minimum absolute atomic E-state index is 0.152. The van der Waals surface area contributed by atoms with Crippen molar-refractivity contribution in [1.82, 2.24) is 5.32 Å². The van der Waals surface area contributed by atoms with Crippen molar-refractivity contribution in [2.75, 3.05) is 20.3 Å². The highest BCUT2D eigenvalue weighted by Gasteiger charge is 2.27. The van der Waals surface area contributed by atoms with Gasteiger partial charge >= 0.3 is 12.2 Å². The van der Waals surface area contributed by atoms with Crippen LogP contribution in [0.15, 0.2) is 0 Å². The van der Waals surface area contributed by atoms with Gasteiger partial charge in [0.1, 0.15) is 13.2 Å². The molecule has 0 heterocycles. The van der Waals surface area contributed by atoms with Gasteiger partial charge in [0.05, 0.1) is 0 Å². The molecule has 0 aromatic rings. The maximum absolute atomic E-state index is 11.0. The molecule has 0 rings (SSSR count). The molecule has 0 radical (unpaired) electrons. The molecule has 3 N–H and O–H groups in total. The Morgan fingerprint density at radius 1 is 1.29 bits per heavy atom. The number of hydrogen-bond donors (Lipinski definition) is 2. The van der Waals surface area contributed by atoms with Crippen LogP contribution in [0.2, 0.25) is 0 Å². The number of carbonyl (C=O) groups excluding carboxylic acids is 2. The Hall–Kier alpha value is -1.46. The van der Waals surface area contributed by atoms with Gasteiger partial charge in [-0.25, -0.2) is 9.59 Å². The normalized spacial score (nSPS) is 13.6. The summed E-state index contributed by atoms with van der Waals surface area (Å²) in [5.74, 6) is 0. The van der Waals surface area contributed by atoms with E-state index in [2.05, 4.69) is 12.2 Å². The zero-order chi connectivity index (χ0) is 13.3. The number of nitrogens with two attached hydrogens (primary N) is 1. The first kappa shape index (κ1) is 15.5. The van der Waals surface area contributed by atoms with Crippen LogP contribution in [0.3, 0.4) is 0 Å². The summed E-state index contributed by atoms with van der Waals surface area (Å²) >= 11 is 0. The van der Waals surface area contributed by atoms with Gasteiger partial charge in [0, 0.05) is 12.5 Å². The molecule has 100 valence electrons. The lowest BCUT2D eigenvalue weighted by atomic mass is 9.87. The molecule has 0 aliphatic rings.